The Morgan fingerprint density at radius 2 is 2.00 bits per heavy atom. The highest BCUT2D eigenvalue weighted by Gasteiger charge is 2.12. The average molecular weight is 337 g/mol. The van der Waals surface area contributed by atoms with Crippen LogP contribution in [0.5, 0.6) is 5.75 Å². The number of aromatic hydroxyl groups is 1. The first-order chi connectivity index (χ1) is 10.5. The molecule has 0 aliphatic rings. The van der Waals surface area contributed by atoms with E-state index in [-0.39, 0.29) is 11.3 Å². The lowest BCUT2D eigenvalue weighted by atomic mass is 10.1. The van der Waals surface area contributed by atoms with E-state index in [9.17, 15) is 9.90 Å². The van der Waals surface area contributed by atoms with Gasteiger partial charge in [-0.25, -0.2) is 9.78 Å². The highest BCUT2D eigenvalue weighted by molar-refractivity contribution is 6.38. The van der Waals surface area contributed by atoms with Crippen LogP contribution in [0.4, 0.5) is 0 Å². The number of benzene rings is 2. The van der Waals surface area contributed by atoms with E-state index in [1.54, 1.807) is 24.5 Å². The molecule has 0 amide bonds. The van der Waals surface area contributed by atoms with E-state index in [1.165, 1.54) is 12.1 Å². The van der Waals surface area contributed by atoms with E-state index in [4.69, 9.17) is 28.3 Å². The lowest BCUT2D eigenvalue weighted by Crippen LogP contribution is -2.01. The van der Waals surface area contributed by atoms with Gasteiger partial charge in [0.15, 0.2) is 0 Å². The number of rotatable bonds is 3. The molecule has 0 aliphatic heterocycles. The van der Waals surface area contributed by atoms with Crippen LogP contribution in [0.3, 0.4) is 0 Å². The second kappa shape index (κ2) is 5.51. The maximum atomic E-state index is 10.9. The third-order valence-electron chi connectivity index (χ3n) is 3.28. The predicted molar refractivity (Wildman–Crippen MR) is 83.9 cm³/mol. The summed E-state index contributed by atoms with van der Waals surface area (Å²) in [6.45, 7) is 0.394. The van der Waals surface area contributed by atoms with E-state index >= 15 is 0 Å². The van der Waals surface area contributed by atoms with Gasteiger partial charge in [0.05, 0.1) is 22.4 Å². The van der Waals surface area contributed by atoms with Crippen LogP contribution in [-0.4, -0.2) is 25.7 Å². The molecule has 0 aliphatic carbocycles. The largest absolute Gasteiger partial charge is 0.507 e. The van der Waals surface area contributed by atoms with E-state index in [2.05, 4.69) is 4.98 Å². The molecule has 2 N–H and O–H groups in total. The van der Waals surface area contributed by atoms with Gasteiger partial charge in [0.25, 0.3) is 0 Å². The number of hydrogen-bond acceptors (Lipinski definition) is 3. The van der Waals surface area contributed by atoms with Gasteiger partial charge in [-0.05, 0) is 29.8 Å². The molecule has 112 valence electrons. The molecule has 0 radical (unpaired) electrons. The van der Waals surface area contributed by atoms with Crippen LogP contribution < -0.4 is 0 Å². The normalized spacial score (nSPS) is 11.0. The lowest BCUT2D eigenvalue weighted by Gasteiger charge is -2.08. The SMILES string of the molecule is O=C(O)c1ccc(Cn2cnc3cc(Cl)cc(Cl)c32)cc1O. The lowest BCUT2D eigenvalue weighted by molar-refractivity contribution is 0.0693. The first-order valence-electron chi connectivity index (χ1n) is 6.31. The van der Waals surface area contributed by atoms with Crippen LogP contribution in [0.2, 0.25) is 10.0 Å². The van der Waals surface area contributed by atoms with Crippen LogP contribution in [-0.2, 0) is 6.54 Å². The van der Waals surface area contributed by atoms with Crippen molar-refractivity contribution in [2.24, 2.45) is 0 Å². The number of aromatic nitrogens is 2. The van der Waals surface area contributed by atoms with Gasteiger partial charge in [-0.15, -0.1) is 0 Å². The molecule has 1 aromatic heterocycles. The fraction of sp³-hybridized carbons (Fsp3) is 0.0667. The zero-order valence-corrected chi connectivity index (χ0v) is 12.6. The summed E-state index contributed by atoms with van der Waals surface area (Å²) in [4.78, 5) is 15.1. The Kier molecular flexibility index (Phi) is 3.68. The summed E-state index contributed by atoms with van der Waals surface area (Å²) >= 11 is 12.1. The molecule has 0 unspecified atom stereocenters. The quantitative estimate of drug-likeness (QED) is 0.762. The molecule has 3 rings (SSSR count). The maximum absolute atomic E-state index is 10.9. The summed E-state index contributed by atoms with van der Waals surface area (Å²) in [6, 6.07) is 7.77. The zero-order valence-electron chi connectivity index (χ0n) is 11.1. The van der Waals surface area contributed by atoms with Crippen molar-refractivity contribution in [2.45, 2.75) is 6.54 Å². The summed E-state index contributed by atoms with van der Waals surface area (Å²) in [7, 11) is 0. The van der Waals surface area contributed by atoms with E-state index < -0.39 is 5.97 Å². The summed E-state index contributed by atoms with van der Waals surface area (Å²) in [5, 5.41) is 19.6. The Morgan fingerprint density at radius 1 is 1.23 bits per heavy atom. The van der Waals surface area contributed by atoms with E-state index in [0.717, 1.165) is 11.1 Å². The zero-order chi connectivity index (χ0) is 15.9. The number of carboxylic acids is 1. The summed E-state index contributed by atoms with van der Waals surface area (Å²) in [5.74, 6) is -1.45. The van der Waals surface area contributed by atoms with E-state index in [0.29, 0.717) is 22.1 Å². The Balaban J connectivity index is 2.00. The van der Waals surface area contributed by atoms with Crippen LogP contribution in [0.25, 0.3) is 11.0 Å². The summed E-state index contributed by atoms with van der Waals surface area (Å²) in [5.41, 5.74) is 1.99. The first-order valence-corrected chi connectivity index (χ1v) is 7.06. The van der Waals surface area contributed by atoms with Crippen molar-refractivity contribution in [3.05, 3.63) is 57.8 Å². The molecule has 22 heavy (non-hydrogen) atoms. The molecular weight excluding hydrogens is 327 g/mol. The minimum atomic E-state index is -1.17. The number of fused-ring (bicyclic) bond motifs is 1. The van der Waals surface area contributed by atoms with Crippen molar-refractivity contribution in [3.63, 3.8) is 0 Å². The van der Waals surface area contributed by atoms with Gasteiger partial charge in [0.2, 0.25) is 0 Å². The smallest absolute Gasteiger partial charge is 0.339 e. The highest BCUT2D eigenvalue weighted by Crippen LogP contribution is 2.28. The van der Waals surface area contributed by atoms with Crippen molar-refractivity contribution in [3.8, 4) is 5.75 Å². The molecule has 1 heterocycles. The van der Waals surface area contributed by atoms with Crippen LogP contribution in [0.15, 0.2) is 36.7 Å². The monoisotopic (exact) mass is 336 g/mol. The fourth-order valence-corrected chi connectivity index (χ4v) is 2.89. The second-order valence-corrected chi connectivity index (χ2v) is 5.63. The molecule has 0 bridgehead atoms. The van der Waals surface area contributed by atoms with Gasteiger partial charge in [-0.2, -0.15) is 0 Å². The first kappa shape index (κ1) is 14.7. The standard InChI is InChI=1S/C15H10Cl2N2O3/c16-9-4-11(17)14-12(5-9)18-7-19(14)6-8-1-2-10(15(21)22)13(20)3-8/h1-5,7,20H,6H2,(H,21,22). The topological polar surface area (TPSA) is 75.3 Å². The van der Waals surface area contributed by atoms with E-state index in [1.807, 2.05) is 4.57 Å². The molecule has 0 saturated carbocycles. The third kappa shape index (κ3) is 2.61. The van der Waals surface area contributed by atoms with Crippen molar-refractivity contribution < 1.29 is 15.0 Å². The predicted octanol–water partition coefficient (Wildman–Crippen LogP) is 3.80. The van der Waals surface area contributed by atoms with Crippen molar-refractivity contribution in [1.82, 2.24) is 9.55 Å². The molecule has 0 atom stereocenters. The number of carboxylic acid groups (broad SMARTS) is 1. The van der Waals surface area contributed by atoms with Crippen molar-refractivity contribution >= 4 is 40.2 Å². The van der Waals surface area contributed by atoms with Gasteiger partial charge < -0.3 is 14.8 Å². The Morgan fingerprint density at radius 3 is 2.68 bits per heavy atom. The minimum absolute atomic E-state index is 0.135. The minimum Gasteiger partial charge on any atom is -0.507 e. The number of nitrogens with zero attached hydrogens (tertiary/aromatic N) is 2. The Bertz CT molecular complexity index is 890. The fourth-order valence-electron chi connectivity index (χ4n) is 2.30. The van der Waals surface area contributed by atoms with Crippen LogP contribution in [0.1, 0.15) is 15.9 Å². The third-order valence-corrected chi connectivity index (χ3v) is 3.78. The number of carbonyl (C=O) groups is 1. The number of halogens is 2. The van der Waals surface area contributed by atoms with Crippen LogP contribution >= 0.6 is 23.2 Å². The van der Waals surface area contributed by atoms with Crippen molar-refractivity contribution in [1.29, 1.82) is 0 Å². The molecule has 2 aromatic carbocycles. The molecule has 0 saturated heterocycles. The number of imidazole rings is 1. The van der Waals surface area contributed by atoms with Crippen LogP contribution in [0, 0.1) is 0 Å². The number of hydrogen-bond donors (Lipinski definition) is 2. The molecule has 0 spiro atoms. The number of aromatic carboxylic acids is 1. The average Bonchev–Trinajstić information content (AvgIpc) is 2.81. The highest BCUT2D eigenvalue weighted by atomic mass is 35.5. The second-order valence-electron chi connectivity index (χ2n) is 4.78. The molecule has 3 aromatic rings. The van der Waals surface area contributed by atoms with Gasteiger partial charge >= 0.3 is 5.97 Å². The van der Waals surface area contributed by atoms with Gasteiger partial charge in [0.1, 0.15) is 11.3 Å². The Labute approximate surface area is 135 Å². The molecule has 7 heteroatoms. The number of phenols is 1. The summed E-state index contributed by atoms with van der Waals surface area (Å²) in [6.07, 6.45) is 1.62. The Hall–Kier alpha value is -2.24. The van der Waals surface area contributed by atoms with Gasteiger partial charge in [0, 0.05) is 11.6 Å². The van der Waals surface area contributed by atoms with Gasteiger partial charge in [-0.3, -0.25) is 0 Å². The maximum Gasteiger partial charge on any atom is 0.339 e. The molecule has 0 fully saturated rings. The molecular formula is C15H10Cl2N2O3. The molecule has 5 nitrogen and oxygen atoms in total. The summed E-state index contributed by atoms with van der Waals surface area (Å²) < 4.78 is 1.81. The van der Waals surface area contributed by atoms with Gasteiger partial charge in [-0.1, -0.05) is 29.3 Å². The van der Waals surface area contributed by atoms with Crippen molar-refractivity contribution in [2.75, 3.05) is 0 Å².